The van der Waals surface area contributed by atoms with Crippen molar-refractivity contribution in [1.82, 2.24) is 0 Å². The molecule has 0 aromatic rings. The average molecular weight is 1020 g/mol. The second-order valence-electron chi connectivity index (χ2n) is 11.3. The van der Waals surface area contributed by atoms with Crippen molar-refractivity contribution in [3.63, 3.8) is 0 Å². The maximum Gasteiger partial charge on any atom is 2.00 e. The number of rotatable bonds is 25. The van der Waals surface area contributed by atoms with Crippen LogP contribution in [0.25, 0.3) is 12.3 Å². The first-order valence-electron chi connectivity index (χ1n) is 16.9. The molecule has 0 atom stereocenters. The van der Waals surface area contributed by atoms with Crippen LogP contribution in [0.1, 0.15) is 181 Å². The van der Waals surface area contributed by atoms with Gasteiger partial charge in [-0.1, -0.05) is 142 Å². The van der Waals surface area contributed by atoms with Crippen LogP contribution >= 0.6 is 0 Å². The van der Waals surface area contributed by atoms with Gasteiger partial charge in [0.15, 0.2) is 5.41 Å². The fraction of sp³-hybridized carbons (Fsp3) is 0.912. The van der Waals surface area contributed by atoms with Crippen molar-refractivity contribution in [3.05, 3.63) is 12.3 Å². The van der Waals surface area contributed by atoms with E-state index in [-0.39, 0.29) is 72.7 Å². The number of nitrogens with two attached hydrogens (primary N) is 2. The quantitative estimate of drug-likeness (QED) is 0.0392. The topological polar surface area (TPSA) is 231 Å². The molecule has 46 heavy (non-hydrogen) atoms. The fourth-order valence-electron chi connectivity index (χ4n) is 4.72. The molecule has 1 fully saturated rings. The summed E-state index contributed by atoms with van der Waals surface area (Å²) in [6.45, 7) is 4.90. The average Bonchev–Trinajstić information content (AvgIpc) is 2.93. The van der Waals surface area contributed by atoms with E-state index in [9.17, 15) is 14.4 Å². The third kappa shape index (κ3) is 43.8. The summed E-state index contributed by atoms with van der Waals surface area (Å²) in [5.74, 6) is -2.41. The largest absolute Gasteiger partial charge is 2.00 e. The van der Waals surface area contributed by atoms with Gasteiger partial charge in [-0.2, -0.15) is 0 Å². The van der Waals surface area contributed by atoms with Crippen LogP contribution in [-0.2, 0) is 56.5 Å². The van der Waals surface area contributed by atoms with Gasteiger partial charge in [-0.25, -0.2) is 0 Å². The number of aldehydes is 1. The van der Waals surface area contributed by atoms with Crippen LogP contribution in [0.2, 0.25) is 0 Å². The second kappa shape index (κ2) is 54.2. The summed E-state index contributed by atoms with van der Waals surface area (Å²) in [6.07, 6.45) is 32.7. The van der Waals surface area contributed by atoms with E-state index >= 15 is 0 Å². The smallest absolute Gasteiger partial charge is 0.693 e. The van der Waals surface area contributed by atoms with Crippen molar-refractivity contribution >= 4 is 18.2 Å². The van der Waals surface area contributed by atoms with E-state index in [1.807, 2.05) is 0 Å². The molecule has 1 aliphatic carbocycles. The molecule has 284 valence electrons. The van der Waals surface area contributed by atoms with Gasteiger partial charge in [0.2, 0.25) is 0 Å². The first-order chi connectivity index (χ1) is 19.9. The number of aliphatic hydroxyl groups is 2. The maximum atomic E-state index is 10.4. The van der Waals surface area contributed by atoms with Gasteiger partial charge >= 0.3 is 33.0 Å². The normalized spacial score (nSPS) is 11.4. The van der Waals surface area contributed by atoms with Gasteiger partial charge in [0.1, 0.15) is 6.29 Å². The number of hydrogen-bond acceptors (Lipinski definition) is 5. The Kier molecular flexibility index (Phi) is 75.9. The number of carbonyl (C=O) groups excluding carboxylic acids is 1. The summed E-state index contributed by atoms with van der Waals surface area (Å²) in [5, 5.41) is 32.5. The third-order valence-electron chi connectivity index (χ3n) is 7.71. The number of hydrogen-bond donors (Lipinski definition) is 4. The van der Waals surface area contributed by atoms with Gasteiger partial charge in [0, 0.05) is 41.2 Å². The zero-order chi connectivity index (χ0) is 31.5. The minimum Gasteiger partial charge on any atom is -0.693 e. The molecule has 0 amide bonds. The molecule has 0 bridgehead atoms. The van der Waals surface area contributed by atoms with Gasteiger partial charge in [0.25, 0.3) is 0 Å². The van der Waals surface area contributed by atoms with Gasteiger partial charge in [0.05, 0.1) is 0 Å². The first-order valence-corrected chi connectivity index (χ1v) is 16.9. The summed E-state index contributed by atoms with van der Waals surface area (Å²) in [6, 6.07) is 0. The molecule has 0 radical (unpaired) electrons. The molecule has 0 saturated heterocycles. The number of carboxylic acids is 2. The minimum absolute atomic E-state index is 0. The van der Waals surface area contributed by atoms with Gasteiger partial charge in [-0.05, 0) is 32.1 Å². The van der Waals surface area contributed by atoms with Crippen LogP contribution in [0.3, 0.4) is 0 Å². The molecule has 10 nitrogen and oxygen atoms in total. The van der Waals surface area contributed by atoms with Crippen LogP contribution < -0.4 is 0 Å². The molecule has 0 aromatic carbocycles. The Balaban J connectivity index is -0.0000000734. The summed E-state index contributed by atoms with van der Waals surface area (Å²) in [5.41, 5.74) is -1.44. The zero-order valence-electron chi connectivity index (χ0n) is 29.6. The van der Waals surface area contributed by atoms with Gasteiger partial charge in [-0.15, -0.1) is 0 Å². The van der Waals surface area contributed by atoms with Crippen LogP contribution in [0.15, 0.2) is 0 Å². The van der Waals surface area contributed by atoms with Crippen molar-refractivity contribution in [3.8, 4) is 0 Å². The molecule has 0 heterocycles. The van der Waals surface area contributed by atoms with Crippen LogP contribution in [0.5, 0.6) is 0 Å². The Morgan fingerprint density at radius 2 is 0.848 bits per heavy atom. The molecule has 1 aliphatic rings. The van der Waals surface area contributed by atoms with E-state index < -0.39 is 17.4 Å². The molecule has 1 saturated carbocycles. The van der Waals surface area contributed by atoms with E-state index in [2.05, 4.69) is 13.8 Å². The molecule has 0 spiro atoms. The number of carboxylic acid groups (broad SMARTS) is 2. The Labute approximate surface area is 311 Å². The Hall–Kier alpha value is -0.213. The van der Waals surface area contributed by atoms with Crippen molar-refractivity contribution in [2.75, 3.05) is 13.7 Å². The van der Waals surface area contributed by atoms with Crippen LogP contribution in [0, 0.1) is 5.41 Å². The summed E-state index contributed by atoms with van der Waals surface area (Å²) >= 11 is 0. The maximum absolute atomic E-state index is 10.4. The van der Waals surface area contributed by atoms with E-state index in [0.717, 1.165) is 32.7 Å². The molecule has 0 aromatic heterocycles. The second-order valence-corrected chi connectivity index (χ2v) is 11.3. The van der Waals surface area contributed by atoms with E-state index in [1.165, 1.54) is 128 Å². The van der Waals surface area contributed by atoms with Gasteiger partial charge in [-0.3, -0.25) is 9.59 Å². The van der Waals surface area contributed by atoms with E-state index in [4.69, 9.17) is 20.4 Å². The van der Waals surface area contributed by atoms with Crippen molar-refractivity contribution in [1.29, 1.82) is 0 Å². The Morgan fingerprint density at radius 1 is 0.587 bits per heavy atom. The number of aliphatic carboxylic acids is 2. The molecule has 10 N–H and O–H groups in total. The SMILES string of the molecule is CCCCCCCCCCCCCC=O.CCCCCCCCCCCCCO.CO.O.O=C(O)C1(C(=O)O)CCC1.[NH2-].[NH2-].[Pt+2].[W]. The molecular formula is C34H74N2O8PtW. The van der Waals surface area contributed by atoms with Crippen molar-refractivity contribution in [2.45, 2.75) is 181 Å². The molecular weight excluding hydrogens is 943 g/mol. The van der Waals surface area contributed by atoms with Crippen molar-refractivity contribution < 1.29 is 82.4 Å². The van der Waals surface area contributed by atoms with Crippen LogP contribution in [-0.4, -0.2) is 57.8 Å². The van der Waals surface area contributed by atoms with E-state index in [0.29, 0.717) is 13.0 Å². The zero-order valence-corrected chi connectivity index (χ0v) is 34.8. The molecule has 1 rings (SSSR count). The first kappa shape index (κ1) is 64.3. The fourth-order valence-corrected chi connectivity index (χ4v) is 4.72. The third-order valence-corrected chi connectivity index (χ3v) is 7.71. The number of unbranched alkanes of at least 4 members (excludes halogenated alkanes) is 21. The summed E-state index contributed by atoms with van der Waals surface area (Å²) < 4.78 is 0. The molecule has 0 unspecified atom stereocenters. The van der Waals surface area contributed by atoms with Crippen LogP contribution in [0.4, 0.5) is 0 Å². The Bertz CT molecular complexity index is 547. The predicted molar refractivity (Wildman–Crippen MR) is 185 cm³/mol. The summed E-state index contributed by atoms with van der Waals surface area (Å²) in [4.78, 5) is 30.8. The monoisotopic (exact) mass is 1020 g/mol. The molecule has 12 heteroatoms. The van der Waals surface area contributed by atoms with Gasteiger partial charge < -0.3 is 43.0 Å². The number of carbonyl (C=O) groups is 3. The predicted octanol–water partition coefficient (Wildman–Crippen LogP) is 9.72. The standard InChI is InChI=1S/C14H28O.C13H28O.C6H8O4.CH4O.2H2N.H2O.Pt.W/c1-2-3-4-5-6-7-8-9-10-11-12-13-14-15;1-2-3-4-5-6-7-8-9-10-11-12-13-14;7-4(8)6(5(9)10)2-1-3-6;1-2;;;;;/h14H,2-13H2,1H3;14H,2-13H2,1H3;1-3H2,(H,7,8)(H,9,10);2H,1H3;3*1H2;;/q;;;;2*-1;;+2;. The van der Waals surface area contributed by atoms with E-state index in [1.54, 1.807) is 0 Å². The summed E-state index contributed by atoms with van der Waals surface area (Å²) in [7, 11) is 1.00. The molecule has 0 aliphatic heterocycles. The minimum atomic E-state index is -1.44. The number of aliphatic hydroxyl groups excluding tert-OH is 2. The van der Waals surface area contributed by atoms with Crippen molar-refractivity contribution in [2.24, 2.45) is 5.41 Å². The Morgan fingerprint density at radius 3 is 1.02 bits per heavy atom.